The van der Waals surface area contributed by atoms with Crippen LogP contribution in [0.4, 0.5) is 4.39 Å². The molecular formula is C14H18ClFN2O. The van der Waals surface area contributed by atoms with E-state index >= 15 is 0 Å². The third kappa shape index (κ3) is 3.25. The number of rotatable bonds is 3. The molecule has 3 unspecified atom stereocenters. The monoisotopic (exact) mass is 284 g/mol. The lowest BCUT2D eigenvalue weighted by Crippen LogP contribution is -2.37. The molecule has 0 aromatic heterocycles. The number of nitrogens with one attached hydrogen (secondary N) is 2. The van der Waals surface area contributed by atoms with Crippen LogP contribution in [0.3, 0.4) is 0 Å². The first-order valence-electron chi connectivity index (χ1n) is 6.50. The van der Waals surface area contributed by atoms with E-state index in [1.54, 1.807) is 12.1 Å². The summed E-state index contributed by atoms with van der Waals surface area (Å²) >= 11 is 0. The molecule has 0 radical (unpaired) electrons. The van der Waals surface area contributed by atoms with Gasteiger partial charge in [-0.05, 0) is 43.0 Å². The Hall–Kier alpha value is -1.13. The van der Waals surface area contributed by atoms with E-state index in [0.717, 1.165) is 31.5 Å². The highest BCUT2D eigenvalue weighted by molar-refractivity contribution is 5.85. The van der Waals surface area contributed by atoms with Crippen LogP contribution >= 0.6 is 12.4 Å². The van der Waals surface area contributed by atoms with Gasteiger partial charge in [0.2, 0.25) is 5.91 Å². The second-order valence-corrected chi connectivity index (χ2v) is 5.20. The maximum Gasteiger partial charge on any atom is 0.224 e. The van der Waals surface area contributed by atoms with Gasteiger partial charge in [-0.3, -0.25) is 4.79 Å². The van der Waals surface area contributed by atoms with E-state index in [4.69, 9.17) is 0 Å². The van der Waals surface area contributed by atoms with Gasteiger partial charge in [-0.25, -0.2) is 4.39 Å². The van der Waals surface area contributed by atoms with Crippen LogP contribution in [0.15, 0.2) is 24.3 Å². The summed E-state index contributed by atoms with van der Waals surface area (Å²) in [5.74, 6) is 0.284. The summed E-state index contributed by atoms with van der Waals surface area (Å²) < 4.78 is 12.8. The van der Waals surface area contributed by atoms with E-state index in [2.05, 4.69) is 10.6 Å². The third-order valence-corrected chi connectivity index (χ3v) is 3.83. The first-order chi connectivity index (χ1) is 8.74. The zero-order valence-corrected chi connectivity index (χ0v) is 11.4. The zero-order valence-electron chi connectivity index (χ0n) is 10.6. The summed E-state index contributed by atoms with van der Waals surface area (Å²) in [5, 5.41) is 6.31. The minimum Gasteiger partial charge on any atom is -0.352 e. The standard InChI is InChI=1S/C14H17FN2O.ClH/c15-10-3-1-9(2-4-10)12-7-13(12)14(18)17-11-5-6-16-8-11;/h1-4,11-13,16H,5-8H2,(H,17,18);1H. The molecule has 3 rings (SSSR count). The summed E-state index contributed by atoms with van der Waals surface area (Å²) in [5.41, 5.74) is 1.07. The fourth-order valence-electron chi connectivity index (χ4n) is 2.65. The van der Waals surface area contributed by atoms with Gasteiger partial charge >= 0.3 is 0 Å². The summed E-state index contributed by atoms with van der Waals surface area (Å²) in [6, 6.07) is 6.77. The fraction of sp³-hybridized carbons (Fsp3) is 0.500. The van der Waals surface area contributed by atoms with Crippen molar-refractivity contribution in [3.63, 3.8) is 0 Å². The van der Waals surface area contributed by atoms with Crippen molar-refractivity contribution >= 4 is 18.3 Å². The average Bonchev–Trinajstić information content (AvgIpc) is 3.01. The van der Waals surface area contributed by atoms with Crippen LogP contribution in [0.2, 0.25) is 0 Å². The van der Waals surface area contributed by atoms with Crippen LogP contribution in [0.5, 0.6) is 0 Å². The number of amides is 1. The molecule has 1 heterocycles. The van der Waals surface area contributed by atoms with Crippen molar-refractivity contribution in [3.05, 3.63) is 35.6 Å². The largest absolute Gasteiger partial charge is 0.352 e. The van der Waals surface area contributed by atoms with Gasteiger partial charge in [0.1, 0.15) is 5.82 Å². The predicted octanol–water partition coefficient (Wildman–Crippen LogP) is 1.83. The van der Waals surface area contributed by atoms with Crippen LogP contribution < -0.4 is 10.6 Å². The fourth-order valence-corrected chi connectivity index (χ4v) is 2.65. The van der Waals surface area contributed by atoms with Gasteiger partial charge in [0.15, 0.2) is 0 Å². The van der Waals surface area contributed by atoms with Gasteiger partial charge in [-0.2, -0.15) is 0 Å². The Kier molecular flexibility index (Phi) is 4.42. The molecule has 1 saturated carbocycles. The maximum atomic E-state index is 12.8. The Morgan fingerprint density at radius 3 is 2.68 bits per heavy atom. The minimum absolute atomic E-state index is 0. The van der Waals surface area contributed by atoms with Gasteiger partial charge in [0.05, 0.1) is 0 Å². The third-order valence-electron chi connectivity index (χ3n) is 3.83. The summed E-state index contributed by atoms with van der Waals surface area (Å²) in [4.78, 5) is 12.0. The normalized spacial score (nSPS) is 28.6. The molecule has 3 atom stereocenters. The van der Waals surface area contributed by atoms with Crippen molar-refractivity contribution in [2.75, 3.05) is 13.1 Å². The Morgan fingerprint density at radius 2 is 2.05 bits per heavy atom. The van der Waals surface area contributed by atoms with E-state index in [-0.39, 0.29) is 42.0 Å². The highest BCUT2D eigenvalue weighted by Gasteiger charge is 2.44. The number of carbonyl (C=O) groups excluding carboxylic acids is 1. The topological polar surface area (TPSA) is 41.1 Å². The lowest BCUT2D eigenvalue weighted by molar-refractivity contribution is -0.123. The van der Waals surface area contributed by atoms with Crippen molar-refractivity contribution in [1.29, 1.82) is 0 Å². The van der Waals surface area contributed by atoms with Crippen LogP contribution in [-0.2, 0) is 4.79 Å². The molecule has 0 bridgehead atoms. The van der Waals surface area contributed by atoms with Crippen molar-refractivity contribution in [3.8, 4) is 0 Å². The maximum absolute atomic E-state index is 12.8. The van der Waals surface area contributed by atoms with Gasteiger partial charge < -0.3 is 10.6 Å². The molecule has 2 aliphatic rings. The van der Waals surface area contributed by atoms with Crippen molar-refractivity contribution in [2.45, 2.75) is 24.8 Å². The van der Waals surface area contributed by atoms with Gasteiger partial charge in [0, 0.05) is 18.5 Å². The summed E-state index contributed by atoms with van der Waals surface area (Å²) in [6.45, 7) is 1.86. The molecule has 1 aliphatic carbocycles. The SMILES string of the molecule is Cl.O=C(NC1CCNC1)C1CC1c1ccc(F)cc1. The average molecular weight is 285 g/mol. The second kappa shape index (κ2) is 5.88. The summed E-state index contributed by atoms with van der Waals surface area (Å²) in [6.07, 6.45) is 1.90. The first-order valence-corrected chi connectivity index (χ1v) is 6.50. The number of benzene rings is 1. The Balaban J connectivity index is 0.00000133. The van der Waals surface area contributed by atoms with Crippen LogP contribution in [0.1, 0.15) is 24.3 Å². The smallest absolute Gasteiger partial charge is 0.224 e. The Bertz CT molecular complexity index is 445. The minimum atomic E-state index is -0.225. The number of hydrogen-bond donors (Lipinski definition) is 2. The zero-order chi connectivity index (χ0) is 12.5. The van der Waals surface area contributed by atoms with E-state index in [9.17, 15) is 9.18 Å². The molecule has 1 saturated heterocycles. The molecule has 2 N–H and O–H groups in total. The molecule has 104 valence electrons. The number of hydrogen-bond acceptors (Lipinski definition) is 2. The molecule has 1 amide bonds. The van der Waals surface area contributed by atoms with Crippen LogP contribution in [-0.4, -0.2) is 25.0 Å². The molecule has 0 spiro atoms. The lowest BCUT2D eigenvalue weighted by atomic mass is 10.1. The Morgan fingerprint density at radius 1 is 1.32 bits per heavy atom. The quantitative estimate of drug-likeness (QED) is 0.889. The lowest BCUT2D eigenvalue weighted by Gasteiger charge is -2.11. The summed E-state index contributed by atoms with van der Waals surface area (Å²) in [7, 11) is 0. The second-order valence-electron chi connectivity index (χ2n) is 5.20. The van der Waals surface area contributed by atoms with Gasteiger partial charge in [0.25, 0.3) is 0 Å². The highest BCUT2D eigenvalue weighted by atomic mass is 35.5. The first kappa shape index (κ1) is 14.3. The Labute approximate surface area is 118 Å². The molecular weight excluding hydrogens is 267 g/mol. The van der Waals surface area contributed by atoms with Crippen LogP contribution in [0, 0.1) is 11.7 Å². The molecule has 3 nitrogen and oxygen atoms in total. The predicted molar refractivity (Wildman–Crippen MR) is 73.9 cm³/mol. The van der Waals surface area contributed by atoms with Crippen molar-refractivity contribution in [2.24, 2.45) is 5.92 Å². The number of halogens is 2. The molecule has 1 aliphatic heterocycles. The van der Waals surface area contributed by atoms with E-state index in [1.165, 1.54) is 12.1 Å². The molecule has 5 heteroatoms. The van der Waals surface area contributed by atoms with E-state index in [1.807, 2.05) is 0 Å². The molecule has 1 aromatic carbocycles. The van der Waals surface area contributed by atoms with Gasteiger partial charge in [-0.1, -0.05) is 12.1 Å². The van der Waals surface area contributed by atoms with Crippen molar-refractivity contribution in [1.82, 2.24) is 10.6 Å². The van der Waals surface area contributed by atoms with Gasteiger partial charge in [-0.15, -0.1) is 12.4 Å². The molecule has 19 heavy (non-hydrogen) atoms. The number of carbonyl (C=O) groups is 1. The van der Waals surface area contributed by atoms with E-state index in [0.29, 0.717) is 0 Å². The van der Waals surface area contributed by atoms with Crippen molar-refractivity contribution < 1.29 is 9.18 Å². The molecule has 2 fully saturated rings. The van der Waals surface area contributed by atoms with E-state index < -0.39 is 0 Å². The molecule has 1 aromatic rings. The highest BCUT2D eigenvalue weighted by Crippen LogP contribution is 2.47. The van der Waals surface area contributed by atoms with Crippen LogP contribution in [0.25, 0.3) is 0 Å².